The number of hydrogen-bond acceptors (Lipinski definition) is 7. The van der Waals surface area contributed by atoms with Gasteiger partial charge in [-0.1, -0.05) is 42.1 Å². The van der Waals surface area contributed by atoms with Crippen molar-refractivity contribution < 1.29 is 18.7 Å². The van der Waals surface area contributed by atoms with Gasteiger partial charge in [0.2, 0.25) is 5.91 Å². The van der Waals surface area contributed by atoms with Gasteiger partial charge in [-0.3, -0.25) is 4.79 Å². The van der Waals surface area contributed by atoms with Crippen LogP contribution in [0, 0.1) is 11.3 Å². The number of allylic oxidation sites excluding steroid dienone is 1. The van der Waals surface area contributed by atoms with E-state index in [0.29, 0.717) is 22.1 Å². The normalized spacial score (nSPS) is 16.2. The van der Waals surface area contributed by atoms with E-state index in [4.69, 9.17) is 9.15 Å². The summed E-state index contributed by atoms with van der Waals surface area (Å²) in [6.45, 7) is 7.64. The molecule has 172 valence electrons. The summed E-state index contributed by atoms with van der Waals surface area (Å²) in [5.74, 6) is -0.912. The van der Waals surface area contributed by atoms with Crippen LogP contribution in [0.4, 0.5) is 0 Å². The van der Waals surface area contributed by atoms with Crippen molar-refractivity contribution in [3.63, 3.8) is 0 Å². The Morgan fingerprint density at radius 2 is 1.94 bits per heavy atom. The molecule has 1 aromatic carbocycles. The van der Waals surface area contributed by atoms with Crippen LogP contribution in [0.25, 0.3) is 5.70 Å². The Bertz CT molecular complexity index is 1110. The summed E-state index contributed by atoms with van der Waals surface area (Å²) in [4.78, 5) is 25.6. The van der Waals surface area contributed by atoms with Crippen molar-refractivity contribution in [1.82, 2.24) is 10.6 Å². The summed E-state index contributed by atoms with van der Waals surface area (Å²) >= 11 is 1.21. The largest absolute Gasteiger partial charge is 0.468 e. The van der Waals surface area contributed by atoms with E-state index in [1.54, 1.807) is 19.1 Å². The van der Waals surface area contributed by atoms with E-state index >= 15 is 0 Å². The number of esters is 1. The lowest BCUT2D eigenvalue weighted by molar-refractivity contribution is -0.138. The molecule has 1 atom stereocenters. The Hall–Kier alpha value is -3.44. The standard InChI is InChI=1S/C25H27N3O4S/c1-5-31-24(30)21-20(18-12-9-13-32-18)17(14-26)23(33-15-19(29)28-25(2,3)4)27-22(21)16-10-7-6-8-11-16/h6-13,20,27H,5,15H2,1-4H3,(H,28,29). The van der Waals surface area contributed by atoms with Crippen LogP contribution in [0.1, 0.15) is 44.9 Å². The topological polar surface area (TPSA) is 104 Å². The first-order valence-electron chi connectivity index (χ1n) is 10.6. The second-order valence-corrected chi connectivity index (χ2v) is 9.38. The Morgan fingerprint density at radius 3 is 2.52 bits per heavy atom. The average Bonchev–Trinajstić information content (AvgIpc) is 3.30. The van der Waals surface area contributed by atoms with Crippen molar-refractivity contribution >= 4 is 29.3 Å². The predicted octanol–water partition coefficient (Wildman–Crippen LogP) is 4.32. The van der Waals surface area contributed by atoms with Gasteiger partial charge in [-0.05, 0) is 45.4 Å². The first-order chi connectivity index (χ1) is 15.7. The molecule has 7 nitrogen and oxygen atoms in total. The number of carbonyl (C=O) groups excluding carboxylic acids is 2. The van der Waals surface area contributed by atoms with Crippen molar-refractivity contribution in [2.24, 2.45) is 0 Å². The second kappa shape index (κ2) is 10.5. The number of hydrogen-bond donors (Lipinski definition) is 2. The van der Waals surface area contributed by atoms with Crippen molar-refractivity contribution in [2.45, 2.75) is 39.2 Å². The van der Waals surface area contributed by atoms with Crippen LogP contribution in [0.15, 0.2) is 69.3 Å². The smallest absolute Gasteiger partial charge is 0.337 e. The number of benzene rings is 1. The number of amides is 1. The average molecular weight is 466 g/mol. The molecule has 33 heavy (non-hydrogen) atoms. The molecule has 2 heterocycles. The molecule has 0 aliphatic carbocycles. The molecule has 0 fully saturated rings. The van der Waals surface area contributed by atoms with Gasteiger partial charge in [0.1, 0.15) is 5.76 Å². The maximum atomic E-state index is 13.1. The molecule has 0 bridgehead atoms. The Kier molecular flexibility index (Phi) is 7.67. The van der Waals surface area contributed by atoms with Crippen molar-refractivity contribution in [3.05, 3.63) is 76.2 Å². The molecular weight excluding hydrogens is 438 g/mol. The molecular formula is C25H27N3O4S. The van der Waals surface area contributed by atoms with Crippen LogP contribution < -0.4 is 10.6 Å². The number of nitriles is 1. The molecule has 1 aliphatic rings. The number of ether oxygens (including phenoxy) is 1. The third-order valence-electron chi connectivity index (χ3n) is 4.70. The van der Waals surface area contributed by atoms with Crippen LogP contribution in [-0.2, 0) is 14.3 Å². The molecule has 1 unspecified atom stereocenters. The summed E-state index contributed by atoms with van der Waals surface area (Å²) in [7, 11) is 0. The quantitative estimate of drug-likeness (QED) is 0.587. The summed E-state index contributed by atoms with van der Waals surface area (Å²) in [5.41, 5.74) is 1.49. The predicted molar refractivity (Wildman–Crippen MR) is 128 cm³/mol. The molecule has 0 saturated heterocycles. The number of carbonyl (C=O) groups is 2. The van der Waals surface area contributed by atoms with Gasteiger partial charge >= 0.3 is 5.97 Å². The zero-order valence-electron chi connectivity index (χ0n) is 19.1. The second-order valence-electron chi connectivity index (χ2n) is 8.39. The van der Waals surface area contributed by atoms with Crippen molar-refractivity contribution in [1.29, 1.82) is 5.26 Å². The van der Waals surface area contributed by atoms with Crippen molar-refractivity contribution in [2.75, 3.05) is 12.4 Å². The van der Waals surface area contributed by atoms with Gasteiger partial charge in [0.25, 0.3) is 0 Å². The van der Waals surface area contributed by atoms with E-state index in [-0.39, 0.29) is 29.4 Å². The van der Waals surface area contributed by atoms with Gasteiger partial charge in [-0.15, -0.1) is 0 Å². The SMILES string of the molecule is CCOC(=O)C1=C(c2ccccc2)NC(SCC(=O)NC(C)(C)C)=C(C#N)C1c1ccco1. The Morgan fingerprint density at radius 1 is 1.21 bits per heavy atom. The number of furan rings is 1. The molecule has 0 radical (unpaired) electrons. The lowest BCUT2D eigenvalue weighted by Crippen LogP contribution is -2.41. The fourth-order valence-electron chi connectivity index (χ4n) is 3.49. The minimum absolute atomic E-state index is 0.104. The lowest BCUT2D eigenvalue weighted by Gasteiger charge is -2.29. The van der Waals surface area contributed by atoms with E-state index in [1.165, 1.54) is 18.0 Å². The van der Waals surface area contributed by atoms with Gasteiger partial charge in [-0.2, -0.15) is 5.26 Å². The fraction of sp³-hybridized carbons (Fsp3) is 0.320. The lowest BCUT2D eigenvalue weighted by atomic mass is 9.84. The van der Waals surface area contributed by atoms with E-state index in [0.717, 1.165) is 5.56 Å². The maximum Gasteiger partial charge on any atom is 0.337 e. The molecule has 2 N–H and O–H groups in total. The number of nitrogens with zero attached hydrogens (tertiary/aromatic N) is 1. The molecule has 1 aliphatic heterocycles. The van der Waals surface area contributed by atoms with Gasteiger partial charge < -0.3 is 19.8 Å². The molecule has 2 aromatic rings. The molecule has 0 saturated carbocycles. The van der Waals surface area contributed by atoms with Gasteiger partial charge in [0.05, 0.1) is 52.5 Å². The number of rotatable bonds is 7. The first kappa shape index (κ1) is 24.2. The van der Waals surface area contributed by atoms with Crippen LogP contribution >= 0.6 is 11.8 Å². The fourth-order valence-corrected chi connectivity index (χ4v) is 4.33. The summed E-state index contributed by atoms with van der Waals surface area (Å²) in [6, 6.07) is 15.0. The monoisotopic (exact) mass is 465 g/mol. The summed E-state index contributed by atoms with van der Waals surface area (Å²) < 4.78 is 11.0. The highest BCUT2D eigenvalue weighted by Gasteiger charge is 2.39. The van der Waals surface area contributed by atoms with Gasteiger partial charge in [0.15, 0.2) is 0 Å². The molecule has 8 heteroatoms. The van der Waals surface area contributed by atoms with Gasteiger partial charge in [-0.25, -0.2) is 4.79 Å². The van der Waals surface area contributed by atoms with Crippen LogP contribution in [-0.4, -0.2) is 29.8 Å². The zero-order chi connectivity index (χ0) is 24.0. The minimum atomic E-state index is -0.770. The summed E-state index contributed by atoms with van der Waals surface area (Å²) in [6.07, 6.45) is 1.50. The first-order valence-corrected chi connectivity index (χ1v) is 11.6. The number of dihydropyridines is 1. The third-order valence-corrected chi connectivity index (χ3v) is 5.72. The number of nitrogens with one attached hydrogen (secondary N) is 2. The zero-order valence-corrected chi connectivity index (χ0v) is 19.9. The van der Waals surface area contributed by atoms with E-state index < -0.39 is 11.9 Å². The van der Waals surface area contributed by atoms with Crippen LogP contribution in [0.2, 0.25) is 0 Å². The highest BCUT2D eigenvalue weighted by atomic mass is 32.2. The van der Waals surface area contributed by atoms with Crippen molar-refractivity contribution in [3.8, 4) is 6.07 Å². The molecule has 0 spiro atoms. The third kappa shape index (κ3) is 5.88. The molecule has 1 aromatic heterocycles. The van der Waals surface area contributed by atoms with E-state index in [9.17, 15) is 14.9 Å². The van der Waals surface area contributed by atoms with Crippen LogP contribution in [0.5, 0.6) is 0 Å². The maximum absolute atomic E-state index is 13.1. The summed E-state index contributed by atoms with van der Waals surface area (Å²) in [5, 5.41) is 16.8. The Labute approximate surface area is 197 Å². The van der Waals surface area contributed by atoms with E-state index in [2.05, 4.69) is 16.7 Å². The van der Waals surface area contributed by atoms with Gasteiger partial charge in [0, 0.05) is 5.54 Å². The molecule has 3 rings (SSSR count). The minimum Gasteiger partial charge on any atom is -0.468 e. The van der Waals surface area contributed by atoms with Crippen LogP contribution in [0.3, 0.4) is 0 Å². The Balaban J connectivity index is 2.10. The molecule has 1 amide bonds. The number of thioether (sulfide) groups is 1. The highest BCUT2D eigenvalue weighted by Crippen LogP contribution is 2.43. The highest BCUT2D eigenvalue weighted by molar-refractivity contribution is 8.03. The van der Waals surface area contributed by atoms with E-state index in [1.807, 2.05) is 51.1 Å².